The molecule has 0 radical (unpaired) electrons. The molecule has 0 aromatic heterocycles. The Morgan fingerprint density at radius 2 is 1.83 bits per heavy atom. The van der Waals surface area contributed by atoms with Crippen LogP contribution in [0.5, 0.6) is 0 Å². The number of nitrogens with one attached hydrogen (secondary N) is 2. The van der Waals surface area contributed by atoms with Gasteiger partial charge in [0.15, 0.2) is 0 Å². The molecule has 0 saturated heterocycles. The largest absolute Gasteiger partial charge is 0.372 e. The Kier molecular flexibility index (Phi) is 3.61. The van der Waals surface area contributed by atoms with Crippen LogP contribution < -0.4 is 10.6 Å². The Balaban J connectivity index is 2.25. The minimum absolute atomic E-state index is 0.529. The Hall–Kier alpha value is -1.02. The minimum atomic E-state index is 0.529. The molecule has 0 saturated carbocycles. The molecular weight excluding hydrogens is 148 g/mol. The summed E-state index contributed by atoms with van der Waals surface area (Å²) in [5.74, 6) is 0. The SMILES string of the molecule is CC(C)NCNc1ccccc1. The Bertz CT molecular complexity index is 206. The van der Waals surface area contributed by atoms with E-state index in [-0.39, 0.29) is 0 Å². The lowest BCUT2D eigenvalue weighted by Crippen LogP contribution is -2.28. The van der Waals surface area contributed by atoms with Crippen molar-refractivity contribution in [3.63, 3.8) is 0 Å². The van der Waals surface area contributed by atoms with Gasteiger partial charge < -0.3 is 5.32 Å². The number of benzene rings is 1. The fourth-order valence-corrected chi connectivity index (χ4v) is 0.913. The molecule has 0 amide bonds. The van der Waals surface area contributed by atoms with Crippen molar-refractivity contribution in [2.75, 3.05) is 12.0 Å². The summed E-state index contributed by atoms with van der Waals surface area (Å²) in [4.78, 5) is 0. The molecule has 0 aliphatic rings. The van der Waals surface area contributed by atoms with Gasteiger partial charge in [-0.15, -0.1) is 0 Å². The first-order chi connectivity index (χ1) is 5.79. The first kappa shape index (κ1) is 9.07. The van der Waals surface area contributed by atoms with E-state index in [0.29, 0.717) is 6.04 Å². The third-order valence-electron chi connectivity index (χ3n) is 1.58. The van der Waals surface area contributed by atoms with Crippen LogP contribution in [-0.2, 0) is 0 Å². The van der Waals surface area contributed by atoms with Gasteiger partial charge in [-0.1, -0.05) is 18.2 Å². The van der Waals surface area contributed by atoms with Crippen molar-refractivity contribution in [1.82, 2.24) is 5.32 Å². The summed E-state index contributed by atoms with van der Waals surface area (Å²) in [5, 5.41) is 6.55. The highest BCUT2D eigenvalue weighted by Gasteiger charge is 1.90. The van der Waals surface area contributed by atoms with E-state index in [2.05, 4.69) is 36.6 Å². The standard InChI is InChI=1S/C10H16N2/c1-9(2)11-8-12-10-6-4-3-5-7-10/h3-7,9,11-12H,8H2,1-2H3. The molecule has 0 spiro atoms. The maximum atomic E-state index is 3.28. The van der Waals surface area contributed by atoms with Crippen LogP contribution in [0, 0.1) is 0 Å². The second kappa shape index (κ2) is 4.78. The van der Waals surface area contributed by atoms with Gasteiger partial charge in [-0.2, -0.15) is 0 Å². The summed E-state index contributed by atoms with van der Waals surface area (Å²) in [6.07, 6.45) is 0. The third-order valence-corrected chi connectivity index (χ3v) is 1.58. The Labute approximate surface area is 74.0 Å². The quantitative estimate of drug-likeness (QED) is 0.665. The molecule has 1 rings (SSSR count). The molecule has 1 aromatic carbocycles. The summed E-state index contributed by atoms with van der Waals surface area (Å²) < 4.78 is 0. The highest BCUT2D eigenvalue weighted by Crippen LogP contribution is 2.02. The summed E-state index contributed by atoms with van der Waals surface area (Å²) in [5.41, 5.74) is 1.16. The maximum Gasteiger partial charge on any atom is 0.0655 e. The number of hydrogen-bond donors (Lipinski definition) is 2. The van der Waals surface area contributed by atoms with Crippen molar-refractivity contribution in [2.24, 2.45) is 0 Å². The fourth-order valence-electron chi connectivity index (χ4n) is 0.913. The smallest absolute Gasteiger partial charge is 0.0655 e. The summed E-state index contributed by atoms with van der Waals surface area (Å²) >= 11 is 0. The van der Waals surface area contributed by atoms with Gasteiger partial charge in [0.2, 0.25) is 0 Å². The van der Waals surface area contributed by atoms with E-state index in [1.54, 1.807) is 0 Å². The van der Waals surface area contributed by atoms with Crippen LogP contribution in [-0.4, -0.2) is 12.7 Å². The monoisotopic (exact) mass is 164 g/mol. The maximum absolute atomic E-state index is 3.28. The van der Waals surface area contributed by atoms with Crippen LogP contribution in [0.1, 0.15) is 13.8 Å². The molecular formula is C10H16N2. The fraction of sp³-hybridized carbons (Fsp3) is 0.400. The molecule has 0 fully saturated rings. The molecule has 12 heavy (non-hydrogen) atoms. The Morgan fingerprint density at radius 1 is 1.17 bits per heavy atom. The Morgan fingerprint density at radius 3 is 2.42 bits per heavy atom. The zero-order valence-electron chi connectivity index (χ0n) is 7.67. The molecule has 1 aromatic rings. The van der Waals surface area contributed by atoms with Crippen LogP contribution >= 0.6 is 0 Å². The van der Waals surface area contributed by atoms with Crippen molar-refractivity contribution >= 4 is 5.69 Å². The third kappa shape index (κ3) is 3.39. The zero-order chi connectivity index (χ0) is 8.81. The van der Waals surface area contributed by atoms with Gasteiger partial charge in [0.1, 0.15) is 0 Å². The predicted molar refractivity (Wildman–Crippen MR) is 53.2 cm³/mol. The minimum Gasteiger partial charge on any atom is -0.372 e. The molecule has 2 heteroatoms. The van der Waals surface area contributed by atoms with E-state index in [1.165, 1.54) is 0 Å². The molecule has 2 N–H and O–H groups in total. The van der Waals surface area contributed by atoms with E-state index in [0.717, 1.165) is 12.4 Å². The number of para-hydroxylation sites is 1. The first-order valence-electron chi connectivity index (χ1n) is 4.31. The van der Waals surface area contributed by atoms with Crippen LogP contribution in [0.15, 0.2) is 30.3 Å². The van der Waals surface area contributed by atoms with Crippen molar-refractivity contribution in [2.45, 2.75) is 19.9 Å². The molecule has 0 bridgehead atoms. The second-order valence-electron chi connectivity index (χ2n) is 3.08. The van der Waals surface area contributed by atoms with Crippen LogP contribution in [0.2, 0.25) is 0 Å². The zero-order valence-corrected chi connectivity index (χ0v) is 7.67. The summed E-state index contributed by atoms with van der Waals surface area (Å²) in [6.45, 7) is 5.08. The molecule has 0 heterocycles. The van der Waals surface area contributed by atoms with Crippen molar-refractivity contribution < 1.29 is 0 Å². The van der Waals surface area contributed by atoms with E-state index in [4.69, 9.17) is 0 Å². The molecule has 2 nitrogen and oxygen atoms in total. The summed E-state index contributed by atoms with van der Waals surface area (Å²) in [6, 6.07) is 10.7. The topological polar surface area (TPSA) is 24.1 Å². The lowest BCUT2D eigenvalue weighted by molar-refractivity contribution is 0.618. The molecule has 0 atom stereocenters. The average Bonchev–Trinajstić information content (AvgIpc) is 2.05. The highest BCUT2D eigenvalue weighted by atomic mass is 15.1. The van der Waals surface area contributed by atoms with Crippen molar-refractivity contribution in [3.8, 4) is 0 Å². The van der Waals surface area contributed by atoms with E-state index in [1.807, 2.05) is 18.2 Å². The van der Waals surface area contributed by atoms with Crippen LogP contribution in [0.4, 0.5) is 5.69 Å². The lowest BCUT2D eigenvalue weighted by Gasteiger charge is -2.09. The molecule has 66 valence electrons. The second-order valence-corrected chi connectivity index (χ2v) is 3.08. The van der Waals surface area contributed by atoms with Gasteiger partial charge in [-0.05, 0) is 26.0 Å². The van der Waals surface area contributed by atoms with Crippen molar-refractivity contribution in [1.29, 1.82) is 0 Å². The number of anilines is 1. The van der Waals surface area contributed by atoms with Gasteiger partial charge in [-0.25, -0.2) is 0 Å². The first-order valence-corrected chi connectivity index (χ1v) is 4.31. The van der Waals surface area contributed by atoms with Gasteiger partial charge in [-0.3, -0.25) is 5.32 Å². The van der Waals surface area contributed by atoms with Crippen molar-refractivity contribution in [3.05, 3.63) is 30.3 Å². The molecule has 0 aliphatic heterocycles. The number of hydrogen-bond acceptors (Lipinski definition) is 2. The van der Waals surface area contributed by atoms with Gasteiger partial charge in [0.05, 0.1) is 6.67 Å². The average molecular weight is 164 g/mol. The van der Waals surface area contributed by atoms with Crippen LogP contribution in [0.3, 0.4) is 0 Å². The number of rotatable bonds is 4. The van der Waals surface area contributed by atoms with Gasteiger partial charge in [0.25, 0.3) is 0 Å². The van der Waals surface area contributed by atoms with Gasteiger partial charge >= 0.3 is 0 Å². The van der Waals surface area contributed by atoms with Gasteiger partial charge in [0, 0.05) is 11.7 Å². The molecule has 0 unspecified atom stereocenters. The summed E-state index contributed by atoms with van der Waals surface area (Å²) in [7, 11) is 0. The van der Waals surface area contributed by atoms with E-state index in [9.17, 15) is 0 Å². The highest BCUT2D eigenvalue weighted by molar-refractivity contribution is 5.42. The molecule has 0 aliphatic carbocycles. The van der Waals surface area contributed by atoms with Crippen LogP contribution in [0.25, 0.3) is 0 Å². The normalized spacial score (nSPS) is 10.2. The lowest BCUT2D eigenvalue weighted by atomic mass is 10.3. The van der Waals surface area contributed by atoms with E-state index < -0.39 is 0 Å². The van der Waals surface area contributed by atoms with E-state index >= 15 is 0 Å². The predicted octanol–water partition coefficient (Wildman–Crippen LogP) is 2.05.